The van der Waals surface area contributed by atoms with Crippen LogP contribution in [0.4, 0.5) is 0 Å². The third-order valence-corrected chi connectivity index (χ3v) is 7.22. The molecule has 31 heavy (non-hydrogen) atoms. The van der Waals surface area contributed by atoms with Crippen LogP contribution in [0.2, 0.25) is 0 Å². The molecule has 5 aliphatic rings. The van der Waals surface area contributed by atoms with Gasteiger partial charge in [0.1, 0.15) is 0 Å². The van der Waals surface area contributed by atoms with E-state index in [1.54, 1.807) is 18.2 Å². The van der Waals surface area contributed by atoms with Crippen LogP contribution in [0, 0.1) is 11.8 Å². The first-order valence-electron chi connectivity index (χ1n) is 10.8. The molecule has 4 atom stereocenters. The molecule has 1 aromatic carbocycles. The first kappa shape index (κ1) is 20.5. The van der Waals surface area contributed by atoms with Crippen LogP contribution in [0.25, 0.3) is 0 Å². The minimum Gasteiger partial charge on any atom is -0.474 e. The molecular formula is C25H28O6. The largest absolute Gasteiger partial charge is 0.474 e. The lowest BCUT2D eigenvalue weighted by Crippen LogP contribution is -2.72. The number of carbonyl (C=O) groups is 2. The Morgan fingerprint density at radius 1 is 1.26 bits per heavy atom. The Morgan fingerprint density at radius 3 is 2.74 bits per heavy atom. The smallest absolute Gasteiger partial charge is 0.196 e. The molecule has 6 nitrogen and oxygen atoms in total. The third-order valence-electron chi connectivity index (χ3n) is 7.22. The second kappa shape index (κ2) is 6.53. The summed E-state index contributed by atoms with van der Waals surface area (Å²) in [5.41, 5.74) is -0.961. The molecule has 0 aromatic heterocycles. The number of para-hydroxylation sites is 1. The van der Waals surface area contributed by atoms with Crippen molar-refractivity contribution in [2.45, 2.75) is 57.3 Å². The molecule has 0 N–H and O–H groups in total. The van der Waals surface area contributed by atoms with Crippen LogP contribution >= 0.6 is 0 Å². The number of hydrogen-bond acceptors (Lipinski definition) is 6. The van der Waals surface area contributed by atoms with Crippen molar-refractivity contribution >= 4 is 11.6 Å². The highest BCUT2D eigenvalue weighted by atomic mass is 16.7. The number of hydrogen-bond donors (Lipinski definition) is 0. The van der Waals surface area contributed by atoms with E-state index in [1.165, 1.54) is 7.11 Å². The van der Waals surface area contributed by atoms with Crippen LogP contribution in [0.3, 0.4) is 0 Å². The highest BCUT2D eigenvalue weighted by Gasteiger charge is 2.81. The van der Waals surface area contributed by atoms with E-state index in [1.807, 2.05) is 39.8 Å². The summed E-state index contributed by atoms with van der Waals surface area (Å²) in [7, 11) is 1.53. The number of fused-ring (bicyclic) bond motifs is 1. The van der Waals surface area contributed by atoms with Crippen molar-refractivity contribution in [2.24, 2.45) is 11.8 Å². The maximum atomic E-state index is 13.8. The van der Waals surface area contributed by atoms with E-state index in [-0.39, 0.29) is 30.2 Å². The minimum absolute atomic E-state index is 0.00196. The molecule has 1 saturated carbocycles. The maximum absolute atomic E-state index is 13.8. The standard InChI is InChI=1S/C25H28O6/c1-14(2)9-10-24-22(27)15-11-17-20(26)16-7-6-8-18(29-13-28-5)21(16)30-25(17,24)19(12-15)23(3,4)31-24/h6-9,11,15,19H,10,12-13H2,1-5H3. The molecule has 3 aliphatic carbocycles. The summed E-state index contributed by atoms with van der Waals surface area (Å²) in [5.74, 6) is 0.201. The maximum Gasteiger partial charge on any atom is 0.196 e. The predicted octanol–water partition coefficient (Wildman–Crippen LogP) is 4.03. The fraction of sp³-hybridized carbons (Fsp3) is 0.520. The summed E-state index contributed by atoms with van der Waals surface area (Å²) in [6.45, 7) is 8.01. The second-order valence-electron chi connectivity index (χ2n) is 9.71. The van der Waals surface area contributed by atoms with Crippen molar-refractivity contribution in [2.75, 3.05) is 13.9 Å². The van der Waals surface area contributed by atoms with E-state index in [9.17, 15) is 9.59 Å². The molecule has 2 aliphatic heterocycles. The fourth-order valence-electron chi connectivity index (χ4n) is 6.02. The zero-order valence-electron chi connectivity index (χ0n) is 18.6. The lowest BCUT2D eigenvalue weighted by Gasteiger charge is -2.56. The van der Waals surface area contributed by atoms with Crippen molar-refractivity contribution in [1.82, 2.24) is 0 Å². The fourth-order valence-corrected chi connectivity index (χ4v) is 6.02. The van der Waals surface area contributed by atoms with Gasteiger partial charge >= 0.3 is 0 Å². The lowest BCUT2D eigenvalue weighted by atomic mass is 9.51. The second-order valence-corrected chi connectivity index (χ2v) is 9.71. The minimum atomic E-state index is -1.24. The normalized spacial score (nSPS) is 33.9. The van der Waals surface area contributed by atoms with E-state index in [0.717, 1.165) is 5.57 Å². The molecule has 2 heterocycles. The summed E-state index contributed by atoms with van der Waals surface area (Å²) in [5, 5.41) is 0. The van der Waals surface area contributed by atoms with E-state index in [0.29, 0.717) is 35.5 Å². The van der Waals surface area contributed by atoms with Gasteiger partial charge in [0.05, 0.1) is 11.2 Å². The first-order valence-corrected chi connectivity index (χ1v) is 10.8. The van der Waals surface area contributed by atoms with Crippen LogP contribution in [-0.2, 0) is 14.3 Å². The SMILES string of the molecule is COCOc1cccc2c1OC13C(=CC4CC1C(C)(C)OC3(CC=C(C)C)C4=O)C2=O. The molecule has 2 fully saturated rings. The summed E-state index contributed by atoms with van der Waals surface area (Å²) in [6, 6.07) is 5.26. The average Bonchev–Trinajstić information content (AvgIpc) is 2.88. The van der Waals surface area contributed by atoms with Crippen LogP contribution in [0.15, 0.2) is 41.5 Å². The number of ketones is 2. The summed E-state index contributed by atoms with van der Waals surface area (Å²) in [6.07, 6.45) is 4.82. The zero-order valence-corrected chi connectivity index (χ0v) is 18.6. The Balaban J connectivity index is 1.76. The Hall–Kier alpha value is -2.44. The molecule has 6 rings (SSSR count). The molecule has 4 bridgehead atoms. The Labute approximate surface area is 182 Å². The van der Waals surface area contributed by atoms with Crippen molar-refractivity contribution in [1.29, 1.82) is 0 Å². The van der Waals surface area contributed by atoms with Gasteiger partial charge in [-0.05, 0) is 46.2 Å². The highest BCUT2D eigenvalue weighted by molar-refractivity contribution is 6.17. The molecule has 0 radical (unpaired) electrons. The van der Waals surface area contributed by atoms with Crippen molar-refractivity contribution < 1.29 is 28.5 Å². The molecule has 4 unspecified atom stereocenters. The van der Waals surface area contributed by atoms with E-state index < -0.39 is 16.8 Å². The highest BCUT2D eigenvalue weighted by Crippen LogP contribution is 2.67. The van der Waals surface area contributed by atoms with Crippen molar-refractivity contribution in [3.63, 3.8) is 0 Å². The van der Waals surface area contributed by atoms with Crippen LogP contribution in [0.5, 0.6) is 11.5 Å². The van der Waals surface area contributed by atoms with Gasteiger partial charge < -0.3 is 18.9 Å². The van der Waals surface area contributed by atoms with Crippen molar-refractivity contribution in [3.8, 4) is 11.5 Å². The van der Waals surface area contributed by atoms with Gasteiger partial charge in [-0.15, -0.1) is 0 Å². The Kier molecular flexibility index (Phi) is 4.31. The van der Waals surface area contributed by atoms with E-state index >= 15 is 0 Å². The number of methoxy groups -OCH3 is 1. The zero-order chi connectivity index (χ0) is 22.2. The van der Waals surface area contributed by atoms with E-state index in [2.05, 4.69) is 0 Å². The van der Waals surface area contributed by atoms with Crippen LogP contribution < -0.4 is 9.47 Å². The van der Waals surface area contributed by atoms with Gasteiger partial charge in [0.2, 0.25) is 0 Å². The third kappa shape index (κ3) is 2.46. The number of allylic oxidation sites excluding steroid dienone is 2. The molecule has 1 spiro atoms. The number of Topliss-reactive ketones (excluding diaryl/α,β-unsaturated/α-hetero) is 2. The van der Waals surface area contributed by atoms with Gasteiger partial charge in [0, 0.05) is 30.9 Å². The number of ether oxygens (including phenoxy) is 4. The van der Waals surface area contributed by atoms with Crippen LogP contribution in [-0.4, -0.2) is 42.3 Å². The summed E-state index contributed by atoms with van der Waals surface area (Å²) >= 11 is 0. The Bertz CT molecular complexity index is 1050. The van der Waals surface area contributed by atoms with Gasteiger partial charge in [-0.25, -0.2) is 0 Å². The van der Waals surface area contributed by atoms with Gasteiger partial charge in [-0.3, -0.25) is 9.59 Å². The van der Waals surface area contributed by atoms with Crippen molar-refractivity contribution in [3.05, 3.63) is 47.1 Å². The van der Waals surface area contributed by atoms with Gasteiger partial charge in [-0.2, -0.15) is 0 Å². The number of rotatable bonds is 5. The quantitative estimate of drug-likeness (QED) is 0.525. The summed E-state index contributed by atoms with van der Waals surface area (Å²) < 4.78 is 24.2. The molecular weight excluding hydrogens is 396 g/mol. The average molecular weight is 424 g/mol. The predicted molar refractivity (Wildman–Crippen MR) is 113 cm³/mol. The van der Waals surface area contributed by atoms with Gasteiger partial charge in [0.25, 0.3) is 0 Å². The Morgan fingerprint density at radius 2 is 2.03 bits per heavy atom. The van der Waals surface area contributed by atoms with Gasteiger partial charge in [-0.1, -0.05) is 23.8 Å². The monoisotopic (exact) mass is 424 g/mol. The molecule has 6 heteroatoms. The van der Waals surface area contributed by atoms with E-state index in [4.69, 9.17) is 18.9 Å². The van der Waals surface area contributed by atoms with Crippen LogP contribution in [0.1, 0.15) is 50.9 Å². The topological polar surface area (TPSA) is 71.1 Å². The molecule has 0 amide bonds. The molecule has 1 aromatic rings. The molecule has 1 saturated heterocycles. The lowest BCUT2D eigenvalue weighted by molar-refractivity contribution is -0.171. The number of benzene rings is 1. The number of carbonyl (C=O) groups excluding carboxylic acids is 2. The molecule has 164 valence electrons. The summed E-state index contributed by atoms with van der Waals surface area (Å²) in [4.78, 5) is 27.5. The first-order chi connectivity index (χ1) is 14.7. The van der Waals surface area contributed by atoms with Gasteiger partial charge in [0.15, 0.2) is 41.1 Å².